The lowest BCUT2D eigenvalue weighted by Gasteiger charge is -2.27. The SMILES string of the molecule is C=CC1=C(/C=C\C)C(C)(C)c2cc(-c3ccc(N(c4ccc5sc6ccccc6c5c4)c4cccc5c6cccc7c8ccccc8n(c45)c76)cc3)ccc21. The standard InChI is InChI=1S/C52H38N2S/c1-5-13-44-36(6-2)37-28-24-33(30-45(37)52(44,3)4)32-22-25-34(26-23-32)53(35-27-29-49-43(31-35)39-15-8-10-21-48(39)55-49)47-20-12-18-42-41-17-11-16-40-38-14-7-9-19-46(38)54(50(40)41)51(42)47/h5-31H,2H2,1,3-4H3/b13-5-. The molecule has 3 heteroatoms. The molecule has 55 heavy (non-hydrogen) atoms. The van der Waals surface area contributed by atoms with E-state index in [-0.39, 0.29) is 5.41 Å². The van der Waals surface area contributed by atoms with E-state index in [1.807, 2.05) is 17.4 Å². The van der Waals surface area contributed by atoms with Gasteiger partial charge in [0.15, 0.2) is 0 Å². The van der Waals surface area contributed by atoms with Crippen LogP contribution in [0.1, 0.15) is 31.9 Å². The van der Waals surface area contributed by atoms with Gasteiger partial charge in [-0.05, 0) is 94.9 Å². The predicted molar refractivity (Wildman–Crippen MR) is 239 cm³/mol. The summed E-state index contributed by atoms with van der Waals surface area (Å²) in [4.78, 5) is 2.47. The lowest BCUT2D eigenvalue weighted by Crippen LogP contribution is -2.16. The van der Waals surface area contributed by atoms with Crippen molar-refractivity contribution in [1.82, 2.24) is 4.40 Å². The van der Waals surface area contributed by atoms with Gasteiger partial charge in [-0.2, -0.15) is 0 Å². The molecule has 7 aromatic carbocycles. The van der Waals surface area contributed by atoms with Crippen LogP contribution in [0.5, 0.6) is 0 Å². The van der Waals surface area contributed by atoms with Crippen LogP contribution in [-0.2, 0) is 5.41 Å². The maximum atomic E-state index is 4.18. The van der Waals surface area contributed by atoms with Crippen LogP contribution < -0.4 is 4.90 Å². The van der Waals surface area contributed by atoms with Crippen molar-refractivity contribution in [3.05, 3.63) is 187 Å². The third kappa shape index (κ3) is 4.48. The number of anilines is 3. The molecule has 1 aliphatic rings. The highest BCUT2D eigenvalue weighted by atomic mass is 32.1. The molecule has 1 aliphatic carbocycles. The molecule has 0 fully saturated rings. The molecule has 0 atom stereocenters. The molecule has 0 aliphatic heterocycles. The molecular formula is C52H38N2S. The number of hydrogen-bond acceptors (Lipinski definition) is 2. The number of aromatic nitrogens is 1. The molecule has 0 radical (unpaired) electrons. The number of allylic oxidation sites excluding steroid dienone is 5. The molecule has 262 valence electrons. The number of benzene rings is 7. The van der Waals surface area contributed by atoms with Gasteiger partial charge in [-0.3, -0.25) is 0 Å². The van der Waals surface area contributed by atoms with Gasteiger partial charge in [0.2, 0.25) is 0 Å². The molecule has 3 aromatic heterocycles. The minimum Gasteiger partial charge on any atom is -0.308 e. The molecule has 11 rings (SSSR count). The first-order valence-corrected chi connectivity index (χ1v) is 19.9. The molecule has 0 unspecified atom stereocenters. The van der Waals surface area contributed by atoms with E-state index in [1.54, 1.807) is 0 Å². The van der Waals surface area contributed by atoms with Gasteiger partial charge in [0.05, 0.1) is 22.2 Å². The zero-order valence-corrected chi connectivity index (χ0v) is 31.9. The number of nitrogens with zero attached hydrogens (tertiary/aromatic N) is 2. The van der Waals surface area contributed by atoms with Gasteiger partial charge in [0, 0.05) is 58.5 Å². The van der Waals surface area contributed by atoms with Crippen molar-refractivity contribution in [1.29, 1.82) is 0 Å². The van der Waals surface area contributed by atoms with Crippen molar-refractivity contribution in [3.63, 3.8) is 0 Å². The van der Waals surface area contributed by atoms with Crippen LogP contribution in [0, 0.1) is 0 Å². The number of thiophene rings is 1. The number of fused-ring (bicyclic) bond motifs is 10. The summed E-state index contributed by atoms with van der Waals surface area (Å²) in [5, 5.41) is 7.71. The Kier molecular flexibility index (Phi) is 6.87. The predicted octanol–water partition coefficient (Wildman–Crippen LogP) is 15.1. The highest BCUT2D eigenvalue weighted by molar-refractivity contribution is 7.25. The highest BCUT2D eigenvalue weighted by Gasteiger charge is 2.35. The minimum atomic E-state index is -0.109. The Bertz CT molecular complexity index is 3260. The number of rotatable bonds is 6. The van der Waals surface area contributed by atoms with Gasteiger partial charge in [0.25, 0.3) is 0 Å². The lowest BCUT2D eigenvalue weighted by atomic mass is 9.80. The molecule has 0 saturated heterocycles. The van der Waals surface area contributed by atoms with Crippen molar-refractivity contribution in [2.45, 2.75) is 26.2 Å². The summed E-state index contributed by atoms with van der Waals surface area (Å²) in [6, 6.07) is 54.3. The Morgan fingerprint density at radius 2 is 1.25 bits per heavy atom. The third-order valence-electron chi connectivity index (χ3n) is 12.0. The minimum absolute atomic E-state index is 0.109. The van der Waals surface area contributed by atoms with Crippen LogP contribution >= 0.6 is 11.3 Å². The van der Waals surface area contributed by atoms with Gasteiger partial charge < -0.3 is 9.30 Å². The fourth-order valence-electron chi connectivity index (χ4n) is 9.50. The Balaban J connectivity index is 1.12. The second-order valence-electron chi connectivity index (χ2n) is 15.3. The maximum absolute atomic E-state index is 4.18. The van der Waals surface area contributed by atoms with Crippen molar-refractivity contribution >= 4 is 92.2 Å². The summed E-state index contributed by atoms with van der Waals surface area (Å²) in [5.41, 5.74) is 14.6. The van der Waals surface area contributed by atoms with Crippen molar-refractivity contribution in [3.8, 4) is 11.1 Å². The van der Waals surface area contributed by atoms with E-state index in [2.05, 4.69) is 194 Å². The van der Waals surface area contributed by atoms with Crippen LogP contribution in [0.3, 0.4) is 0 Å². The van der Waals surface area contributed by atoms with Crippen molar-refractivity contribution in [2.24, 2.45) is 0 Å². The molecule has 0 amide bonds. The van der Waals surface area contributed by atoms with E-state index in [4.69, 9.17) is 0 Å². The zero-order chi connectivity index (χ0) is 37.0. The average Bonchev–Trinajstić information content (AvgIpc) is 3.93. The van der Waals surface area contributed by atoms with E-state index < -0.39 is 0 Å². The van der Waals surface area contributed by atoms with Gasteiger partial charge >= 0.3 is 0 Å². The zero-order valence-electron chi connectivity index (χ0n) is 31.1. The van der Waals surface area contributed by atoms with Gasteiger partial charge in [-0.1, -0.05) is 130 Å². The van der Waals surface area contributed by atoms with Gasteiger partial charge in [0.1, 0.15) is 0 Å². The summed E-state index contributed by atoms with van der Waals surface area (Å²) >= 11 is 1.86. The molecule has 3 heterocycles. The summed E-state index contributed by atoms with van der Waals surface area (Å²) in [5.74, 6) is 0. The normalized spacial score (nSPS) is 14.2. The molecule has 0 spiro atoms. The van der Waals surface area contributed by atoms with E-state index in [1.165, 1.54) is 91.7 Å². The second kappa shape index (κ2) is 11.8. The van der Waals surface area contributed by atoms with Gasteiger partial charge in [-0.15, -0.1) is 11.3 Å². The third-order valence-corrected chi connectivity index (χ3v) is 13.2. The average molecular weight is 723 g/mol. The van der Waals surface area contributed by atoms with E-state index in [0.29, 0.717) is 0 Å². The van der Waals surface area contributed by atoms with Crippen LogP contribution in [0.15, 0.2) is 176 Å². The summed E-state index contributed by atoms with van der Waals surface area (Å²) in [7, 11) is 0. The van der Waals surface area contributed by atoms with Crippen LogP contribution in [0.2, 0.25) is 0 Å². The Morgan fingerprint density at radius 3 is 2.05 bits per heavy atom. The molecular weight excluding hydrogens is 685 g/mol. The lowest BCUT2D eigenvalue weighted by molar-refractivity contribution is 0.654. The number of para-hydroxylation sites is 3. The second-order valence-corrected chi connectivity index (χ2v) is 16.4. The van der Waals surface area contributed by atoms with Crippen molar-refractivity contribution < 1.29 is 0 Å². The fraction of sp³-hybridized carbons (Fsp3) is 0.0769. The smallest absolute Gasteiger partial charge is 0.0782 e. The van der Waals surface area contributed by atoms with Crippen LogP contribution in [0.25, 0.3) is 75.0 Å². The maximum Gasteiger partial charge on any atom is 0.0782 e. The van der Waals surface area contributed by atoms with E-state index in [9.17, 15) is 0 Å². The molecule has 10 aromatic rings. The fourth-order valence-corrected chi connectivity index (χ4v) is 10.6. The number of hydrogen-bond donors (Lipinski definition) is 0. The van der Waals surface area contributed by atoms with E-state index in [0.717, 1.165) is 17.1 Å². The van der Waals surface area contributed by atoms with Crippen LogP contribution in [0.4, 0.5) is 17.1 Å². The Hall–Kier alpha value is -6.42. The first-order chi connectivity index (χ1) is 27.0. The monoisotopic (exact) mass is 722 g/mol. The highest BCUT2D eigenvalue weighted by Crippen LogP contribution is 2.50. The molecule has 0 saturated carbocycles. The quantitative estimate of drug-likeness (QED) is 0.166. The summed E-state index contributed by atoms with van der Waals surface area (Å²) < 4.78 is 5.12. The van der Waals surface area contributed by atoms with E-state index >= 15 is 0 Å². The Morgan fingerprint density at radius 1 is 0.600 bits per heavy atom. The topological polar surface area (TPSA) is 7.65 Å². The molecule has 0 N–H and O–H groups in total. The molecule has 0 bridgehead atoms. The largest absolute Gasteiger partial charge is 0.308 e. The molecule has 2 nitrogen and oxygen atoms in total. The van der Waals surface area contributed by atoms with Gasteiger partial charge in [-0.25, -0.2) is 0 Å². The Labute approximate surface area is 324 Å². The van der Waals surface area contributed by atoms with Crippen molar-refractivity contribution in [2.75, 3.05) is 4.90 Å². The summed E-state index contributed by atoms with van der Waals surface area (Å²) in [6.07, 6.45) is 6.40. The first kappa shape index (κ1) is 32.0. The summed E-state index contributed by atoms with van der Waals surface area (Å²) in [6.45, 7) is 10.9. The van der Waals surface area contributed by atoms with Crippen LogP contribution in [-0.4, -0.2) is 4.40 Å². The first-order valence-electron chi connectivity index (χ1n) is 19.1.